The maximum absolute atomic E-state index is 13.4. The van der Waals surface area contributed by atoms with Gasteiger partial charge in [0.2, 0.25) is 0 Å². The average molecular weight is 276 g/mol. The lowest BCUT2D eigenvalue weighted by atomic mass is 10.1. The number of hydrogen-bond acceptors (Lipinski definition) is 2. The summed E-state index contributed by atoms with van der Waals surface area (Å²) < 4.78 is 63.0. The molecule has 0 amide bonds. The molecule has 100 valence electrons. The molecule has 0 aliphatic rings. The quantitative estimate of drug-likeness (QED) is 0.814. The van der Waals surface area contributed by atoms with Crippen molar-refractivity contribution in [3.63, 3.8) is 0 Å². The van der Waals surface area contributed by atoms with E-state index in [2.05, 4.69) is 4.98 Å². The van der Waals surface area contributed by atoms with Gasteiger partial charge in [0.25, 0.3) is 5.56 Å². The monoisotopic (exact) mass is 276 g/mol. The summed E-state index contributed by atoms with van der Waals surface area (Å²) in [5.74, 6) is -1.96. The van der Waals surface area contributed by atoms with Crippen molar-refractivity contribution in [2.75, 3.05) is 0 Å². The highest BCUT2D eigenvalue weighted by Gasteiger charge is 2.32. The molecule has 3 nitrogen and oxygen atoms in total. The number of aromatic amines is 1. The molecule has 0 spiro atoms. The average Bonchev–Trinajstić information content (AvgIpc) is 2.28. The van der Waals surface area contributed by atoms with E-state index in [4.69, 9.17) is 0 Å². The molecule has 19 heavy (non-hydrogen) atoms. The minimum Gasteiger partial charge on any atom is -0.315 e. The van der Waals surface area contributed by atoms with Crippen molar-refractivity contribution in [1.29, 1.82) is 0 Å². The number of aromatic nitrogens is 2. The van der Waals surface area contributed by atoms with Crippen molar-refractivity contribution in [3.05, 3.63) is 52.1 Å². The first-order chi connectivity index (χ1) is 8.79. The Morgan fingerprint density at radius 1 is 1.16 bits per heavy atom. The van der Waals surface area contributed by atoms with Gasteiger partial charge < -0.3 is 4.98 Å². The van der Waals surface area contributed by atoms with Crippen molar-refractivity contribution in [2.24, 2.45) is 0 Å². The predicted octanol–water partition coefficient (Wildman–Crippen LogP) is 2.73. The first-order valence-electron chi connectivity index (χ1n) is 4.91. The van der Waals surface area contributed by atoms with E-state index in [1.54, 1.807) is 4.98 Å². The molecule has 0 radical (unpaired) electrons. The molecule has 8 heteroatoms. The molecule has 0 saturated carbocycles. The minimum absolute atomic E-state index is 0.375. The molecule has 1 aromatic carbocycles. The van der Waals surface area contributed by atoms with E-state index in [1.165, 1.54) is 0 Å². The summed E-state index contributed by atoms with van der Waals surface area (Å²) in [6.45, 7) is 0. The summed E-state index contributed by atoms with van der Waals surface area (Å²) in [5, 5.41) is 0. The van der Waals surface area contributed by atoms with E-state index in [0.29, 0.717) is 12.3 Å². The lowest BCUT2D eigenvalue weighted by molar-refractivity contribution is -0.141. The highest BCUT2D eigenvalue weighted by Crippen LogP contribution is 2.27. The van der Waals surface area contributed by atoms with E-state index in [0.717, 1.165) is 12.1 Å². The SMILES string of the molecule is O=c1[nH]c(C(F)(F)F)cnc1-c1ccc(F)cc1F. The van der Waals surface area contributed by atoms with E-state index >= 15 is 0 Å². The third-order valence-electron chi connectivity index (χ3n) is 2.28. The van der Waals surface area contributed by atoms with E-state index in [-0.39, 0.29) is 5.56 Å². The Labute approximate surface area is 102 Å². The van der Waals surface area contributed by atoms with E-state index in [1.807, 2.05) is 0 Å². The second-order valence-corrected chi connectivity index (χ2v) is 3.60. The molecule has 0 bridgehead atoms. The van der Waals surface area contributed by atoms with Gasteiger partial charge in [0.05, 0.1) is 6.20 Å². The van der Waals surface area contributed by atoms with Gasteiger partial charge in [-0.05, 0) is 12.1 Å². The third-order valence-corrected chi connectivity index (χ3v) is 2.28. The minimum atomic E-state index is -4.76. The maximum Gasteiger partial charge on any atom is 0.432 e. The summed E-state index contributed by atoms with van der Waals surface area (Å²) in [7, 11) is 0. The van der Waals surface area contributed by atoms with Crippen LogP contribution in [0.25, 0.3) is 11.3 Å². The number of halogens is 5. The number of H-pyrrole nitrogens is 1. The molecule has 0 aliphatic heterocycles. The zero-order chi connectivity index (χ0) is 14.2. The van der Waals surface area contributed by atoms with E-state index in [9.17, 15) is 26.7 Å². The smallest absolute Gasteiger partial charge is 0.315 e. The van der Waals surface area contributed by atoms with Crippen molar-refractivity contribution < 1.29 is 22.0 Å². The summed E-state index contributed by atoms with van der Waals surface area (Å²) in [4.78, 5) is 16.3. The Hall–Kier alpha value is -2.25. The fraction of sp³-hybridized carbons (Fsp3) is 0.0909. The molecule has 0 saturated heterocycles. The second-order valence-electron chi connectivity index (χ2n) is 3.60. The van der Waals surface area contributed by atoms with Crippen LogP contribution in [0.3, 0.4) is 0 Å². The van der Waals surface area contributed by atoms with Gasteiger partial charge in [0.1, 0.15) is 23.0 Å². The number of nitrogens with zero attached hydrogens (tertiary/aromatic N) is 1. The van der Waals surface area contributed by atoms with Crippen LogP contribution in [0.15, 0.2) is 29.2 Å². The number of alkyl halides is 3. The Morgan fingerprint density at radius 3 is 2.37 bits per heavy atom. The normalized spacial score (nSPS) is 11.6. The predicted molar refractivity (Wildman–Crippen MR) is 55.2 cm³/mol. The fourth-order valence-electron chi connectivity index (χ4n) is 1.42. The van der Waals surface area contributed by atoms with Crippen LogP contribution in [-0.2, 0) is 6.18 Å². The van der Waals surface area contributed by atoms with Crippen LogP contribution < -0.4 is 5.56 Å². The standard InChI is InChI=1S/C11H5F5N2O/c12-5-1-2-6(7(13)3-5)9-10(19)18-8(4-17-9)11(14,15)16/h1-4H,(H,18,19). The molecule has 1 N–H and O–H groups in total. The fourth-order valence-corrected chi connectivity index (χ4v) is 1.42. The summed E-state index contributed by atoms with van der Waals surface area (Å²) >= 11 is 0. The van der Waals surface area contributed by atoms with Gasteiger partial charge in [-0.3, -0.25) is 4.79 Å². The van der Waals surface area contributed by atoms with Gasteiger partial charge in [-0.1, -0.05) is 0 Å². The van der Waals surface area contributed by atoms with Gasteiger partial charge in [-0.25, -0.2) is 13.8 Å². The van der Waals surface area contributed by atoms with Crippen LogP contribution >= 0.6 is 0 Å². The zero-order valence-electron chi connectivity index (χ0n) is 9.05. The van der Waals surface area contributed by atoms with Crippen LogP contribution in [0.5, 0.6) is 0 Å². The molecular weight excluding hydrogens is 271 g/mol. The maximum atomic E-state index is 13.4. The van der Waals surface area contributed by atoms with Crippen LogP contribution in [0.4, 0.5) is 22.0 Å². The second kappa shape index (κ2) is 4.45. The van der Waals surface area contributed by atoms with Crippen molar-refractivity contribution in [3.8, 4) is 11.3 Å². The molecule has 0 unspecified atom stereocenters. The van der Waals surface area contributed by atoms with Crippen LogP contribution in [-0.4, -0.2) is 9.97 Å². The summed E-state index contributed by atoms with van der Waals surface area (Å²) in [6.07, 6.45) is -4.38. The Balaban J connectivity index is 2.56. The molecule has 2 rings (SSSR count). The molecule has 2 aromatic rings. The largest absolute Gasteiger partial charge is 0.432 e. The molecular formula is C11H5F5N2O. The van der Waals surface area contributed by atoms with Gasteiger partial charge in [-0.2, -0.15) is 13.2 Å². The van der Waals surface area contributed by atoms with Crippen molar-refractivity contribution >= 4 is 0 Å². The number of benzene rings is 1. The Morgan fingerprint density at radius 2 is 1.84 bits per heavy atom. The van der Waals surface area contributed by atoms with Gasteiger partial charge >= 0.3 is 6.18 Å². The number of nitrogens with one attached hydrogen (secondary N) is 1. The first kappa shape index (κ1) is 13.2. The van der Waals surface area contributed by atoms with Crippen LogP contribution in [0.2, 0.25) is 0 Å². The van der Waals surface area contributed by atoms with Gasteiger partial charge in [0.15, 0.2) is 0 Å². The Kier molecular flexibility index (Phi) is 3.09. The highest BCUT2D eigenvalue weighted by molar-refractivity contribution is 5.58. The zero-order valence-corrected chi connectivity index (χ0v) is 9.05. The van der Waals surface area contributed by atoms with Crippen LogP contribution in [0.1, 0.15) is 5.69 Å². The van der Waals surface area contributed by atoms with Crippen molar-refractivity contribution in [2.45, 2.75) is 6.18 Å². The molecule has 0 fully saturated rings. The number of rotatable bonds is 1. The lowest BCUT2D eigenvalue weighted by Gasteiger charge is -2.07. The van der Waals surface area contributed by atoms with E-state index < -0.39 is 34.8 Å². The molecule has 1 aromatic heterocycles. The molecule has 0 aliphatic carbocycles. The lowest BCUT2D eigenvalue weighted by Crippen LogP contribution is -2.19. The topological polar surface area (TPSA) is 45.8 Å². The van der Waals surface area contributed by atoms with Crippen molar-refractivity contribution in [1.82, 2.24) is 9.97 Å². The first-order valence-corrected chi connectivity index (χ1v) is 4.91. The highest BCUT2D eigenvalue weighted by atomic mass is 19.4. The molecule has 1 heterocycles. The van der Waals surface area contributed by atoms with Gasteiger partial charge in [0, 0.05) is 11.6 Å². The Bertz CT molecular complexity index is 678. The summed E-state index contributed by atoms with van der Waals surface area (Å²) in [6, 6.07) is 2.31. The van der Waals surface area contributed by atoms with Gasteiger partial charge in [-0.15, -0.1) is 0 Å². The van der Waals surface area contributed by atoms with Crippen LogP contribution in [0, 0.1) is 11.6 Å². The summed E-state index contributed by atoms with van der Waals surface area (Å²) in [5.41, 5.74) is -3.48. The number of hydrogen-bond donors (Lipinski definition) is 1. The molecule has 0 atom stereocenters. The third kappa shape index (κ3) is 2.61.